The van der Waals surface area contributed by atoms with Crippen LogP contribution >= 0.6 is 0 Å². The van der Waals surface area contributed by atoms with Crippen molar-refractivity contribution < 1.29 is 8.42 Å². The maximum atomic E-state index is 10.6. The van der Waals surface area contributed by atoms with E-state index in [9.17, 15) is 8.42 Å². The van der Waals surface area contributed by atoms with Gasteiger partial charge in [0.2, 0.25) is 0 Å². The molecule has 70 valence electrons. The molecule has 0 aliphatic carbocycles. The molecule has 0 heterocycles. The van der Waals surface area contributed by atoms with Crippen LogP contribution in [0.4, 0.5) is 0 Å². The van der Waals surface area contributed by atoms with Crippen LogP contribution in [0.3, 0.4) is 0 Å². The van der Waals surface area contributed by atoms with E-state index in [0.29, 0.717) is 0 Å². The molecule has 0 spiro atoms. The first-order valence-electron chi connectivity index (χ1n) is 3.83. The van der Waals surface area contributed by atoms with Crippen LogP contribution in [-0.4, -0.2) is 21.2 Å². The minimum Gasteiger partial charge on any atom is -0.391 e. The molecular formula is C8H15NO2S. The summed E-state index contributed by atoms with van der Waals surface area (Å²) in [5.41, 5.74) is 0. The molecule has 0 bridgehead atoms. The Morgan fingerprint density at radius 3 is 2.50 bits per heavy atom. The van der Waals surface area contributed by atoms with Crippen molar-refractivity contribution in [3.8, 4) is 0 Å². The molecule has 0 aromatic carbocycles. The molecule has 3 nitrogen and oxygen atoms in total. The van der Waals surface area contributed by atoms with E-state index in [1.807, 2.05) is 0 Å². The predicted molar refractivity (Wildman–Crippen MR) is 51.4 cm³/mol. The quantitative estimate of drug-likeness (QED) is 0.519. The highest BCUT2D eigenvalue weighted by Gasteiger charge is 1.88. The number of allylic oxidation sites excluding steroid dienone is 2. The van der Waals surface area contributed by atoms with Gasteiger partial charge in [-0.05, 0) is 24.8 Å². The highest BCUT2D eigenvalue weighted by atomic mass is 32.2. The molecule has 0 saturated carbocycles. The van der Waals surface area contributed by atoms with Gasteiger partial charge in [-0.3, -0.25) is 0 Å². The molecule has 4 heteroatoms. The summed E-state index contributed by atoms with van der Waals surface area (Å²) in [5.74, 6) is 0. The SMILES string of the molecule is CCCN/C=C/C=C/S(C)(=O)=O. The van der Waals surface area contributed by atoms with Crippen LogP contribution < -0.4 is 5.32 Å². The molecule has 0 atom stereocenters. The van der Waals surface area contributed by atoms with Crippen LogP contribution in [0, 0.1) is 0 Å². The van der Waals surface area contributed by atoms with E-state index in [4.69, 9.17) is 0 Å². The monoisotopic (exact) mass is 189 g/mol. The molecule has 0 fully saturated rings. The average molecular weight is 189 g/mol. The lowest BCUT2D eigenvalue weighted by atomic mass is 10.5. The smallest absolute Gasteiger partial charge is 0.168 e. The van der Waals surface area contributed by atoms with Crippen molar-refractivity contribution in [2.24, 2.45) is 0 Å². The third-order valence-electron chi connectivity index (χ3n) is 1.05. The van der Waals surface area contributed by atoms with E-state index >= 15 is 0 Å². The Bertz CT molecular complexity index is 252. The van der Waals surface area contributed by atoms with Crippen molar-refractivity contribution in [1.29, 1.82) is 0 Å². The summed E-state index contributed by atoms with van der Waals surface area (Å²) >= 11 is 0. The Morgan fingerprint density at radius 2 is 2.00 bits per heavy atom. The fourth-order valence-electron chi connectivity index (χ4n) is 0.539. The van der Waals surface area contributed by atoms with E-state index in [1.54, 1.807) is 12.3 Å². The maximum Gasteiger partial charge on any atom is 0.168 e. The Morgan fingerprint density at radius 1 is 1.33 bits per heavy atom. The van der Waals surface area contributed by atoms with Crippen LogP contribution in [0.5, 0.6) is 0 Å². The van der Waals surface area contributed by atoms with Crippen LogP contribution in [-0.2, 0) is 9.84 Å². The molecule has 0 amide bonds. The van der Waals surface area contributed by atoms with Gasteiger partial charge in [0.05, 0.1) is 0 Å². The second-order valence-corrected chi connectivity index (χ2v) is 4.40. The van der Waals surface area contributed by atoms with E-state index in [0.717, 1.165) is 24.6 Å². The van der Waals surface area contributed by atoms with Crippen LogP contribution in [0.15, 0.2) is 23.8 Å². The zero-order chi connectivity index (χ0) is 9.45. The lowest BCUT2D eigenvalue weighted by Gasteiger charge is -1.92. The molecular weight excluding hydrogens is 174 g/mol. The summed E-state index contributed by atoms with van der Waals surface area (Å²) in [6, 6.07) is 0. The first-order chi connectivity index (χ1) is 5.56. The molecule has 0 aliphatic rings. The lowest BCUT2D eigenvalue weighted by molar-refractivity contribution is 0.610. The Balaban J connectivity index is 3.68. The van der Waals surface area contributed by atoms with Gasteiger partial charge in [-0.15, -0.1) is 0 Å². The van der Waals surface area contributed by atoms with Gasteiger partial charge in [0, 0.05) is 18.2 Å². The third kappa shape index (κ3) is 9.23. The van der Waals surface area contributed by atoms with Gasteiger partial charge in [0.1, 0.15) is 0 Å². The van der Waals surface area contributed by atoms with Gasteiger partial charge in [-0.25, -0.2) is 8.42 Å². The minimum atomic E-state index is -2.98. The fraction of sp³-hybridized carbons (Fsp3) is 0.500. The number of hydrogen-bond acceptors (Lipinski definition) is 3. The van der Waals surface area contributed by atoms with Crippen molar-refractivity contribution in [2.45, 2.75) is 13.3 Å². The van der Waals surface area contributed by atoms with Crippen LogP contribution in [0.25, 0.3) is 0 Å². The van der Waals surface area contributed by atoms with Crippen molar-refractivity contribution in [3.05, 3.63) is 23.8 Å². The molecule has 0 unspecified atom stereocenters. The summed E-state index contributed by atoms with van der Waals surface area (Å²) in [5, 5.41) is 4.16. The van der Waals surface area contributed by atoms with Gasteiger partial charge in [0.15, 0.2) is 9.84 Å². The first kappa shape index (κ1) is 11.2. The second kappa shape index (κ2) is 5.83. The summed E-state index contributed by atoms with van der Waals surface area (Å²) < 4.78 is 21.2. The highest BCUT2D eigenvalue weighted by Crippen LogP contribution is 1.85. The first-order valence-corrected chi connectivity index (χ1v) is 5.78. The molecule has 0 aromatic heterocycles. The summed E-state index contributed by atoms with van der Waals surface area (Å²) in [4.78, 5) is 0. The normalized spacial score (nSPS) is 12.8. The zero-order valence-corrected chi connectivity index (χ0v) is 8.26. The number of sulfone groups is 1. The fourth-order valence-corrected chi connectivity index (χ4v) is 0.916. The molecule has 12 heavy (non-hydrogen) atoms. The Hall–Kier alpha value is -0.770. The van der Waals surface area contributed by atoms with Crippen molar-refractivity contribution in [2.75, 3.05) is 12.8 Å². The Labute approximate surface area is 74.1 Å². The van der Waals surface area contributed by atoms with Crippen LogP contribution in [0.2, 0.25) is 0 Å². The van der Waals surface area contributed by atoms with Gasteiger partial charge in [-0.2, -0.15) is 0 Å². The van der Waals surface area contributed by atoms with E-state index in [1.165, 1.54) is 6.08 Å². The van der Waals surface area contributed by atoms with Gasteiger partial charge in [0.25, 0.3) is 0 Å². The summed E-state index contributed by atoms with van der Waals surface area (Å²) in [6.07, 6.45) is 7.11. The van der Waals surface area contributed by atoms with Gasteiger partial charge in [-0.1, -0.05) is 6.92 Å². The molecule has 0 radical (unpaired) electrons. The second-order valence-electron chi connectivity index (χ2n) is 2.47. The highest BCUT2D eigenvalue weighted by molar-refractivity contribution is 7.93. The van der Waals surface area contributed by atoms with Crippen LogP contribution in [0.1, 0.15) is 13.3 Å². The third-order valence-corrected chi connectivity index (χ3v) is 1.70. The molecule has 0 aromatic rings. The summed E-state index contributed by atoms with van der Waals surface area (Å²) in [6.45, 7) is 2.97. The molecule has 0 rings (SSSR count). The van der Waals surface area contributed by atoms with Gasteiger partial charge < -0.3 is 5.32 Å². The Kier molecular flexibility index (Phi) is 5.45. The topological polar surface area (TPSA) is 46.2 Å². The van der Waals surface area contributed by atoms with Crippen molar-refractivity contribution in [3.63, 3.8) is 0 Å². The summed E-state index contributed by atoms with van der Waals surface area (Å²) in [7, 11) is -2.98. The van der Waals surface area contributed by atoms with E-state index in [-0.39, 0.29) is 0 Å². The van der Waals surface area contributed by atoms with Crippen molar-refractivity contribution >= 4 is 9.84 Å². The molecule has 0 saturated heterocycles. The van der Waals surface area contributed by atoms with E-state index in [2.05, 4.69) is 12.2 Å². The zero-order valence-electron chi connectivity index (χ0n) is 7.45. The number of hydrogen-bond donors (Lipinski definition) is 1. The standard InChI is InChI=1S/C8H15NO2S/c1-3-6-9-7-4-5-8-12(2,10)11/h4-5,7-9H,3,6H2,1-2H3/b7-4+,8-5+. The van der Waals surface area contributed by atoms with Crippen molar-refractivity contribution in [1.82, 2.24) is 5.32 Å². The number of rotatable bonds is 5. The minimum absolute atomic E-state index is 0.906. The van der Waals surface area contributed by atoms with E-state index < -0.39 is 9.84 Å². The molecule has 1 N–H and O–H groups in total. The lowest BCUT2D eigenvalue weighted by Crippen LogP contribution is -2.04. The number of nitrogens with one attached hydrogen (secondary N) is 1. The average Bonchev–Trinajstić information content (AvgIpc) is 1.94. The predicted octanol–water partition coefficient (Wildman–Crippen LogP) is 1.06. The molecule has 0 aliphatic heterocycles. The maximum absolute atomic E-state index is 10.6. The van der Waals surface area contributed by atoms with Gasteiger partial charge >= 0.3 is 0 Å². The largest absolute Gasteiger partial charge is 0.391 e.